The van der Waals surface area contributed by atoms with Gasteiger partial charge in [0.25, 0.3) is 0 Å². The molecule has 1 aliphatic carbocycles. The molecule has 0 saturated carbocycles. The van der Waals surface area contributed by atoms with Crippen LogP contribution in [0.3, 0.4) is 0 Å². The summed E-state index contributed by atoms with van der Waals surface area (Å²) in [6.45, 7) is 3.65. The van der Waals surface area contributed by atoms with Crippen LogP contribution in [0.5, 0.6) is 0 Å². The Bertz CT molecular complexity index is 8610. The number of rotatable bonds is 7. The maximum Gasteiger partial charge on any atom is 0.193 e. The molecule has 16 aromatic rings. The Hall–Kier alpha value is -22.3. The summed E-state index contributed by atoms with van der Waals surface area (Å²) >= 11 is 0. The summed E-state index contributed by atoms with van der Waals surface area (Å²) in [4.78, 5) is 12.1. The van der Waals surface area contributed by atoms with Crippen molar-refractivity contribution in [3.05, 3.63) is 500 Å². The van der Waals surface area contributed by atoms with E-state index in [1.54, 1.807) is 72.8 Å². The Labute approximate surface area is 868 Å². The Morgan fingerprint density at radius 1 is 0.227 bits per heavy atom. The van der Waals surface area contributed by atoms with Gasteiger partial charge in [-0.05, 0) is 262 Å². The number of terminal acetylenes is 18. The first-order valence-corrected chi connectivity index (χ1v) is 44.2. The third-order valence-electron chi connectivity index (χ3n) is 22.3. The maximum atomic E-state index is 13.9. The number of benzene rings is 16. The quantitative estimate of drug-likeness (QED) is 0.0673. The van der Waals surface area contributed by atoms with E-state index in [1.807, 2.05) is 206 Å². The summed E-state index contributed by atoms with van der Waals surface area (Å²) in [6, 6.07) is 88.1. The van der Waals surface area contributed by atoms with Crippen molar-refractivity contribution >= 4 is 22.6 Å². The Balaban J connectivity index is 0.000000179. The number of halogens is 10. The van der Waals surface area contributed by atoms with Crippen LogP contribution >= 0.6 is 0 Å². The highest BCUT2D eigenvalue weighted by Crippen LogP contribution is 2.40. The van der Waals surface area contributed by atoms with Crippen LogP contribution in [0.1, 0.15) is 155 Å². The molecule has 1 aliphatic rings. The molecule has 704 valence electrons. The standard InChI is InChI=1S/C32H18.C24H14.C17H10O.C16H2F8.C16H10.C12H8.C12H6.C10H4F2/c1-3-25-17-21-31(29(23-25)19-15-27-11-7-5-8-12-27)32-22-18-26(4-2)24-30(32)20-16-28-13-9-6-10-14-28;1-4-18-7-12-21(13-8-18)23-16-11-20(6-3)17-24(23)22-14-9-19(5-2)10-15-22;1-3-13-5-9-15(10-6-13)17(18)16-11-7-14(4-2)8-12-16;1-3-5-9(17)13(21)7(14(22)10(5)18)8-15(23)11(19)6(4-2)12(20)16(8)24;1-3-11-5-7-13-9-10-14-8-6-12(4-2)15(11)16(13)14;2*1-4-10-7-8-11(5-2)12(6-3)9-10;1-3-7-5-10(12)8(4-2)6-9(7)11/h1-2,5-14,17-18,21-24H;1-3,7-17H;1-2,5-12H;1-2H;1-2,5-8H,9-10H2;1-2,6-9H,3H2;1-3,7-9H;1-2,5-6H. The minimum absolute atomic E-state index is 0.0397. The van der Waals surface area contributed by atoms with Gasteiger partial charge >= 0.3 is 0 Å². The highest BCUT2D eigenvalue weighted by molar-refractivity contribution is 6.09. The van der Waals surface area contributed by atoms with E-state index in [-0.39, 0.29) is 16.9 Å². The van der Waals surface area contributed by atoms with Gasteiger partial charge in [-0.1, -0.05) is 234 Å². The number of aryl methyl sites for hydroxylation is 2. The normalized spacial score (nSPS) is 9.57. The molecular formula is C139H72F10O. The van der Waals surface area contributed by atoms with Gasteiger partial charge in [0.2, 0.25) is 0 Å². The average molecular weight is 1950 g/mol. The first kappa shape index (κ1) is 110. The smallest absolute Gasteiger partial charge is 0.193 e. The van der Waals surface area contributed by atoms with Crippen LogP contribution in [0, 0.1) is 304 Å². The summed E-state index contributed by atoms with van der Waals surface area (Å²) in [5, 5.41) is 2.39. The lowest BCUT2D eigenvalue weighted by Crippen LogP contribution is -2.09. The lowest BCUT2D eigenvalue weighted by molar-refractivity contribution is 0.103. The average Bonchev–Trinajstić information content (AvgIpc) is 1.43. The van der Waals surface area contributed by atoms with E-state index in [9.17, 15) is 48.7 Å². The molecule has 0 aliphatic heterocycles. The molecule has 0 atom stereocenters. The van der Waals surface area contributed by atoms with E-state index in [0.717, 1.165) is 158 Å². The van der Waals surface area contributed by atoms with Crippen LogP contribution in [0.4, 0.5) is 43.9 Å². The van der Waals surface area contributed by atoms with E-state index in [0.29, 0.717) is 22.3 Å². The highest BCUT2D eigenvalue weighted by atomic mass is 19.2. The van der Waals surface area contributed by atoms with Crippen molar-refractivity contribution in [3.8, 4) is 290 Å². The van der Waals surface area contributed by atoms with E-state index in [1.165, 1.54) is 28.4 Å². The zero-order chi connectivity index (χ0) is 109. The van der Waals surface area contributed by atoms with Gasteiger partial charge in [0.1, 0.15) is 22.8 Å². The van der Waals surface area contributed by atoms with Crippen molar-refractivity contribution in [2.24, 2.45) is 0 Å². The summed E-state index contributed by atoms with van der Waals surface area (Å²) in [6.07, 6.45) is 98.6. The summed E-state index contributed by atoms with van der Waals surface area (Å²) in [5.74, 6) is 36.8. The van der Waals surface area contributed by atoms with Crippen LogP contribution in [0.25, 0.3) is 61.4 Å². The largest absolute Gasteiger partial charge is 0.289 e. The van der Waals surface area contributed by atoms with Crippen molar-refractivity contribution in [2.45, 2.75) is 12.8 Å². The van der Waals surface area contributed by atoms with Gasteiger partial charge in [0.05, 0.1) is 22.3 Å². The van der Waals surface area contributed by atoms with Crippen molar-refractivity contribution in [3.63, 3.8) is 0 Å². The first-order valence-electron chi connectivity index (χ1n) is 44.2. The maximum absolute atomic E-state index is 13.9. The predicted octanol–water partition coefficient (Wildman–Crippen LogP) is 27.1. The Morgan fingerprint density at radius 3 is 0.853 bits per heavy atom. The second-order valence-electron chi connectivity index (χ2n) is 31.1. The zero-order valence-corrected chi connectivity index (χ0v) is 79.4. The fourth-order valence-electron chi connectivity index (χ4n) is 14.6. The van der Waals surface area contributed by atoms with Crippen LogP contribution in [0.2, 0.25) is 0 Å². The number of hydrogen-bond acceptors (Lipinski definition) is 1. The first-order chi connectivity index (χ1) is 72.6. The molecule has 0 bridgehead atoms. The van der Waals surface area contributed by atoms with Gasteiger partial charge in [0, 0.05) is 117 Å². The lowest BCUT2D eigenvalue weighted by atomic mass is 9.92. The highest BCUT2D eigenvalue weighted by Gasteiger charge is 2.34. The van der Waals surface area contributed by atoms with Gasteiger partial charge in [-0.3, -0.25) is 4.79 Å². The molecule has 0 N–H and O–H groups in total. The van der Waals surface area contributed by atoms with Gasteiger partial charge in [-0.2, -0.15) is 0 Å². The molecule has 150 heavy (non-hydrogen) atoms. The van der Waals surface area contributed by atoms with Crippen LogP contribution < -0.4 is 0 Å². The van der Waals surface area contributed by atoms with Crippen LogP contribution in [0.15, 0.2) is 292 Å². The molecule has 0 radical (unpaired) electrons. The second-order valence-corrected chi connectivity index (χ2v) is 31.1. The molecule has 0 saturated heterocycles. The van der Waals surface area contributed by atoms with E-state index in [2.05, 4.69) is 138 Å². The minimum atomic E-state index is -2.33. The van der Waals surface area contributed by atoms with Crippen molar-refractivity contribution < 1.29 is 48.7 Å². The monoisotopic (exact) mass is 1950 g/mol. The summed E-state index contributed by atoms with van der Waals surface area (Å²) in [7, 11) is 0. The van der Waals surface area contributed by atoms with Gasteiger partial charge < -0.3 is 0 Å². The lowest BCUT2D eigenvalue weighted by Gasteiger charge is -2.13. The Morgan fingerprint density at radius 2 is 0.520 bits per heavy atom. The minimum Gasteiger partial charge on any atom is -0.289 e. The molecule has 11 heteroatoms. The molecule has 0 fully saturated rings. The van der Waals surface area contributed by atoms with Crippen molar-refractivity contribution in [1.29, 1.82) is 0 Å². The topological polar surface area (TPSA) is 17.1 Å². The fraction of sp³-hybridized carbons (Fsp3) is 0.0144. The van der Waals surface area contributed by atoms with Crippen molar-refractivity contribution in [2.75, 3.05) is 0 Å². The van der Waals surface area contributed by atoms with Crippen LogP contribution in [-0.2, 0) is 12.8 Å². The third-order valence-corrected chi connectivity index (χ3v) is 22.3. The van der Waals surface area contributed by atoms with E-state index < -0.39 is 80.4 Å². The van der Waals surface area contributed by atoms with E-state index in [4.69, 9.17) is 103 Å². The molecule has 1 nitrogen and oxygen atoms in total. The molecule has 17 rings (SSSR count). The number of ketones is 1. The molecule has 0 spiro atoms. The van der Waals surface area contributed by atoms with Crippen LogP contribution in [-0.4, -0.2) is 5.78 Å². The van der Waals surface area contributed by atoms with Gasteiger partial charge in [-0.15, -0.1) is 116 Å². The molecule has 0 unspecified atom stereocenters. The fourth-order valence-corrected chi connectivity index (χ4v) is 14.6. The van der Waals surface area contributed by atoms with Gasteiger partial charge in [0.15, 0.2) is 52.3 Å². The molecular weight excluding hydrogens is 1880 g/mol. The number of carbonyl (C=O) groups excluding carboxylic acids is 1. The molecule has 0 aromatic heterocycles. The van der Waals surface area contributed by atoms with Gasteiger partial charge in [-0.25, -0.2) is 43.9 Å². The molecule has 0 heterocycles. The predicted molar refractivity (Wildman–Crippen MR) is 585 cm³/mol. The second kappa shape index (κ2) is 53.3. The van der Waals surface area contributed by atoms with E-state index >= 15 is 0 Å². The summed E-state index contributed by atoms with van der Waals surface area (Å²) in [5.41, 5.74) is 18.8. The number of carbonyl (C=O) groups is 1. The molecule has 0 amide bonds. The zero-order valence-electron chi connectivity index (χ0n) is 79.4. The Kier molecular flexibility index (Phi) is 39.0. The van der Waals surface area contributed by atoms with Crippen molar-refractivity contribution in [1.82, 2.24) is 0 Å². The number of hydrogen-bond donors (Lipinski definition) is 0. The third kappa shape index (κ3) is 26.9. The SMILES string of the molecule is C#Cc1c(F)c(F)c(-c2c(F)c(F)c(C#C)c(F)c2F)c(F)c1F.C#Cc1cc(F)c(C#C)cc1F.C#Cc1ccc(-c2ccc(C#C)cc2-c2ccc(C#C)cc2)cc1.C#Cc1ccc(-c2ccc(C#C)cc2C#Cc2ccccc2)c(C#Cc2ccccc2)c1.C#Cc1ccc(C#C)c(C#C)c1.C#Cc1ccc(C#C)c(C=C)c1.C#Cc1ccc(C(=O)c2ccc(C#C)cc2)cc1.C#Cc1ccc2c3c(ccc(C#C)c13)CC2. The summed E-state index contributed by atoms with van der Waals surface area (Å²) < 4.78 is 136. The molecule has 16 aromatic carbocycles.